The number of carbonyl (C=O) groups is 1. The number of H-pyrrole nitrogens is 1. The number of aryl methyl sites for hydroxylation is 1. The van der Waals surface area contributed by atoms with E-state index in [0.717, 1.165) is 44.0 Å². The number of amides is 1. The second-order valence-electron chi connectivity index (χ2n) is 7.18. The van der Waals surface area contributed by atoms with E-state index in [1.54, 1.807) is 19.3 Å². The highest BCUT2D eigenvalue weighted by molar-refractivity contribution is 5.76. The summed E-state index contributed by atoms with van der Waals surface area (Å²) in [7, 11) is 0. The van der Waals surface area contributed by atoms with Gasteiger partial charge in [-0.3, -0.25) is 19.5 Å². The van der Waals surface area contributed by atoms with Gasteiger partial charge in [0.15, 0.2) is 0 Å². The van der Waals surface area contributed by atoms with E-state index in [2.05, 4.69) is 14.9 Å². The first-order valence-electron chi connectivity index (χ1n) is 9.51. The largest absolute Gasteiger partial charge is 0.340 e. The third kappa shape index (κ3) is 4.46. The van der Waals surface area contributed by atoms with Crippen molar-refractivity contribution in [1.29, 1.82) is 5.26 Å². The maximum Gasteiger partial charge on any atom is 0.266 e. The predicted molar refractivity (Wildman–Crippen MR) is 106 cm³/mol. The van der Waals surface area contributed by atoms with Crippen LogP contribution in [0.5, 0.6) is 0 Å². The molecule has 0 atom stereocenters. The quantitative estimate of drug-likeness (QED) is 0.850. The van der Waals surface area contributed by atoms with Crippen molar-refractivity contribution in [3.05, 3.63) is 62.8 Å². The zero-order chi connectivity index (χ0) is 20.1. The molecule has 0 radical (unpaired) electrons. The molecule has 0 saturated carbocycles. The van der Waals surface area contributed by atoms with Crippen molar-refractivity contribution in [2.75, 3.05) is 26.2 Å². The van der Waals surface area contributed by atoms with Crippen LogP contribution in [-0.4, -0.2) is 51.9 Å². The molecule has 1 aliphatic rings. The fraction of sp³-hybridized carbons (Fsp3) is 0.429. The Hall–Kier alpha value is -2.98. The van der Waals surface area contributed by atoms with Gasteiger partial charge in [-0.1, -0.05) is 0 Å². The molecule has 0 bridgehead atoms. The van der Waals surface area contributed by atoms with Crippen molar-refractivity contribution < 1.29 is 4.79 Å². The predicted octanol–water partition coefficient (Wildman–Crippen LogP) is 1.54. The lowest BCUT2D eigenvalue weighted by Crippen LogP contribution is -2.48. The van der Waals surface area contributed by atoms with E-state index in [0.29, 0.717) is 18.4 Å². The SMILES string of the molecule is Cc1[nH]c(=O)c(C#N)c(C)c1CCC(=O)N1CCN(Cc2ccncc2)CC1. The van der Waals surface area contributed by atoms with Crippen LogP contribution >= 0.6 is 0 Å². The minimum absolute atomic E-state index is 0.118. The molecule has 0 aromatic carbocycles. The molecule has 1 aliphatic heterocycles. The summed E-state index contributed by atoms with van der Waals surface area (Å²) in [5, 5.41) is 9.17. The first-order chi connectivity index (χ1) is 13.5. The average molecular weight is 379 g/mol. The van der Waals surface area contributed by atoms with Crippen molar-refractivity contribution in [2.24, 2.45) is 0 Å². The molecule has 1 saturated heterocycles. The minimum Gasteiger partial charge on any atom is -0.340 e. The summed E-state index contributed by atoms with van der Waals surface area (Å²) in [5.74, 6) is 0.118. The van der Waals surface area contributed by atoms with Gasteiger partial charge in [0.1, 0.15) is 11.6 Å². The van der Waals surface area contributed by atoms with Gasteiger partial charge in [0, 0.05) is 57.2 Å². The molecule has 7 heteroatoms. The molecule has 1 N–H and O–H groups in total. The molecule has 146 valence electrons. The van der Waals surface area contributed by atoms with Crippen LogP contribution in [0.1, 0.15) is 34.4 Å². The van der Waals surface area contributed by atoms with E-state index in [1.807, 2.05) is 30.0 Å². The van der Waals surface area contributed by atoms with E-state index in [9.17, 15) is 14.9 Å². The molecule has 0 unspecified atom stereocenters. The average Bonchev–Trinajstić information content (AvgIpc) is 2.69. The summed E-state index contributed by atoms with van der Waals surface area (Å²) < 4.78 is 0. The smallest absolute Gasteiger partial charge is 0.266 e. The van der Waals surface area contributed by atoms with E-state index in [4.69, 9.17) is 0 Å². The van der Waals surface area contributed by atoms with Gasteiger partial charge < -0.3 is 9.88 Å². The lowest BCUT2D eigenvalue weighted by atomic mass is 9.99. The molecule has 1 fully saturated rings. The Morgan fingerprint density at radius 3 is 2.54 bits per heavy atom. The monoisotopic (exact) mass is 379 g/mol. The molecule has 0 spiro atoms. The van der Waals surface area contributed by atoms with Crippen LogP contribution < -0.4 is 5.56 Å². The fourth-order valence-electron chi connectivity index (χ4n) is 3.71. The molecule has 3 rings (SSSR count). The summed E-state index contributed by atoms with van der Waals surface area (Å²) in [5.41, 5.74) is 3.30. The van der Waals surface area contributed by atoms with E-state index >= 15 is 0 Å². The maximum atomic E-state index is 12.6. The topological polar surface area (TPSA) is 93.1 Å². The highest BCUT2D eigenvalue weighted by Gasteiger charge is 2.22. The number of pyridine rings is 2. The molecule has 2 aromatic rings. The van der Waals surface area contributed by atoms with Gasteiger partial charge in [0.2, 0.25) is 5.91 Å². The molecular weight excluding hydrogens is 354 g/mol. The summed E-state index contributed by atoms with van der Waals surface area (Å²) in [6.07, 6.45) is 4.50. The van der Waals surface area contributed by atoms with Crippen LogP contribution in [0.25, 0.3) is 0 Å². The Bertz CT molecular complexity index is 938. The zero-order valence-corrected chi connectivity index (χ0v) is 16.4. The van der Waals surface area contributed by atoms with E-state index in [-0.39, 0.29) is 17.0 Å². The number of nitriles is 1. The van der Waals surface area contributed by atoms with Crippen LogP contribution in [0, 0.1) is 25.2 Å². The van der Waals surface area contributed by atoms with Crippen LogP contribution in [0.3, 0.4) is 0 Å². The van der Waals surface area contributed by atoms with Gasteiger partial charge in [-0.2, -0.15) is 5.26 Å². The van der Waals surface area contributed by atoms with Gasteiger partial charge in [0.25, 0.3) is 5.56 Å². The lowest BCUT2D eigenvalue weighted by molar-refractivity contribution is -0.133. The van der Waals surface area contributed by atoms with Crippen LogP contribution in [0.2, 0.25) is 0 Å². The minimum atomic E-state index is -0.363. The highest BCUT2D eigenvalue weighted by Crippen LogP contribution is 2.16. The van der Waals surface area contributed by atoms with Crippen molar-refractivity contribution in [3.8, 4) is 6.07 Å². The molecule has 7 nitrogen and oxygen atoms in total. The third-order valence-electron chi connectivity index (χ3n) is 5.39. The Balaban J connectivity index is 1.54. The first-order valence-corrected chi connectivity index (χ1v) is 9.51. The van der Waals surface area contributed by atoms with Gasteiger partial charge in [-0.15, -0.1) is 0 Å². The van der Waals surface area contributed by atoms with Crippen molar-refractivity contribution in [1.82, 2.24) is 19.8 Å². The second-order valence-corrected chi connectivity index (χ2v) is 7.18. The Morgan fingerprint density at radius 1 is 1.21 bits per heavy atom. The number of aromatic nitrogens is 2. The molecule has 0 aliphatic carbocycles. The number of carbonyl (C=O) groups excluding carboxylic acids is 1. The Kier molecular flexibility index (Phi) is 6.22. The number of aromatic amines is 1. The van der Waals surface area contributed by atoms with Gasteiger partial charge in [0.05, 0.1) is 0 Å². The number of nitrogens with one attached hydrogen (secondary N) is 1. The summed E-state index contributed by atoms with van der Waals surface area (Å²) in [4.78, 5) is 35.5. The van der Waals surface area contributed by atoms with E-state index < -0.39 is 0 Å². The molecule has 28 heavy (non-hydrogen) atoms. The van der Waals surface area contributed by atoms with Crippen LogP contribution in [0.15, 0.2) is 29.3 Å². The number of hydrogen-bond acceptors (Lipinski definition) is 5. The maximum absolute atomic E-state index is 12.6. The normalized spacial score (nSPS) is 14.7. The molecule has 3 heterocycles. The van der Waals surface area contributed by atoms with Gasteiger partial charge >= 0.3 is 0 Å². The van der Waals surface area contributed by atoms with Crippen LogP contribution in [0.4, 0.5) is 0 Å². The van der Waals surface area contributed by atoms with Gasteiger partial charge in [-0.05, 0) is 49.1 Å². The number of nitrogens with zero attached hydrogens (tertiary/aromatic N) is 4. The number of piperazine rings is 1. The van der Waals surface area contributed by atoms with Crippen molar-refractivity contribution >= 4 is 5.91 Å². The van der Waals surface area contributed by atoms with Crippen molar-refractivity contribution in [3.63, 3.8) is 0 Å². The Labute approximate surface area is 164 Å². The summed E-state index contributed by atoms with van der Waals surface area (Å²) in [6.45, 7) is 7.60. The van der Waals surface area contributed by atoms with Crippen molar-refractivity contribution in [2.45, 2.75) is 33.2 Å². The number of hydrogen-bond donors (Lipinski definition) is 1. The zero-order valence-electron chi connectivity index (χ0n) is 16.4. The van der Waals surface area contributed by atoms with Crippen LogP contribution in [-0.2, 0) is 17.8 Å². The first kappa shape index (κ1) is 19.8. The standard InChI is InChI=1S/C21H25N5O2/c1-15-18(16(2)24-21(28)19(15)13-22)3-4-20(27)26-11-9-25(10-12-26)14-17-5-7-23-8-6-17/h5-8H,3-4,9-12,14H2,1-2H3,(H,24,28). The highest BCUT2D eigenvalue weighted by atomic mass is 16.2. The van der Waals surface area contributed by atoms with Gasteiger partial charge in [-0.25, -0.2) is 0 Å². The Morgan fingerprint density at radius 2 is 1.89 bits per heavy atom. The van der Waals surface area contributed by atoms with E-state index in [1.165, 1.54) is 5.56 Å². The number of rotatable bonds is 5. The fourth-order valence-corrected chi connectivity index (χ4v) is 3.71. The second kappa shape index (κ2) is 8.81. The molecule has 2 aromatic heterocycles. The summed E-state index contributed by atoms with van der Waals surface area (Å²) >= 11 is 0. The third-order valence-corrected chi connectivity index (χ3v) is 5.39. The summed E-state index contributed by atoms with van der Waals surface area (Å²) in [6, 6.07) is 5.99. The molecule has 1 amide bonds. The molecular formula is C21H25N5O2. The lowest BCUT2D eigenvalue weighted by Gasteiger charge is -2.35.